The highest BCUT2D eigenvalue weighted by Crippen LogP contribution is 2.19. The third-order valence-electron chi connectivity index (χ3n) is 3.69. The van der Waals surface area contributed by atoms with E-state index in [1.165, 1.54) is 25.7 Å². The van der Waals surface area contributed by atoms with Crippen LogP contribution in [0.25, 0.3) is 0 Å². The lowest BCUT2D eigenvalue weighted by molar-refractivity contribution is 0.115. The van der Waals surface area contributed by atoms with E-state index in [1.807, 2.05) is 0 Å². The molecule has 2 rings (SSSR count). The molecule has 0 bridgehead atoms. The first-order valence-corrected chi connectivity index (χ1v) is 8.79. The maximum atomic E-state index is 10.9. The summed E-state index contributed by atoms with van der Waals surface area (Å²) < 4.78 is 24.0. The van der Waals surface area contributed by atoms with Gasteiger partial charge in [-0.3, -0.25) is 4.72 Å². The summed E-state index contributed by atoms with van der Waals surface area (Å²) in [7, 11) is -3.76. The number of nitrogens with one attached hydrogen (secondary N) is 1. The Bertz CT molecular complexity index is 538. The summed E-state index contributed by atoms with van der Waals surface area (Å²) in [5.41, 5.74) is 1.17. The number of aliphatic hydroxyl groups is 1. The van der Waals surface area contributed by atoms with Gasteiger partial charge in [0.15, 0.2) is 0 Å². The Morgan fingerprint density at radius 1 is 1.14 bits per heavy atom. The summed E-state index contributed by atoms with van der Waals surface area (Å²) in [6.45, 7) is 2.67. The van der Waals surface area contributed by atoms with Crippen molar-refractivity contribution in [2.24, 2.45) is 5.14 Å². The Morgan fingerprint density at radius 3 is 2.18 bits per heavy atom. The molecule has 4 N–H and O–H groups in total. The molecule has 0 aliphatic carbocycles. The van der Waals surface area contributed by atoms with E-state index in [0.717, 1.165) is 18.7 Å². The molecule has 1 unspecified atom stereocenters. The van der Waals surface area contributed by atoms with Crippen LogP contribution in [0.2, 0.25) is 0 Å². The maximum absolute atomic E-state index is 10.9. The van der Waals surface area contributed by atoms with Crippen molar-refractivity contribution in [1.29, 1.82) is 0 Å². The first-order valence-electron chi connectivity index (χ1n) is 7.25. The number of aliphatic hydroxyl groups excluding tert-OH is 1. The van der Waals surface area contributed by atoms with Crippen LogP contribution in [0, 0.1) is 0 Å². The van der Waals surface area contributed by atoms with Crippen LogP contribution in [0.3, 0.4) is 0 Å². The first kappa shape index (κ1) is 18.9. The number of nitrogens with zero attached hydrogens (tertiary/aromatic N) is 1. The van der Waals surface area contributed by atoms with E-state index in [0.29, 0.717) is 12.2 Å². The van der Waals surface area contributed by atoms with E-state index >= 15 is 0 Å². The smallest absolute Gasteiger partial charge is 0.296 e. The number of hydrogen-bond acceptors (Lipinski definition) is 4. The number of nitrogens with two attached hydrogens (primary N) is 1. The minimum atomic E-state index is -3.76. The zero-order valence-corrected chi connectivity index (χ0v) is 12.8. The van der Waals surface area contributed by atoms with E-state index in [4.69, 9.17) is 5.14 Å². The van der Waals surface area contributed by atoms with Crippen LogP contribution < -0.4 is 9.86 Å². The summed E-state index contributed by atoms with van der Waals surface area (Å²) in [5, 5.41) is 15.2. The Labute approximate surface area is 133 Å². The van der Waals surface area contributed by atoms with Gasteiger partial charge < -0.3 is 10.0 Å². The van der Waals surface area contributed by atoms with E-state index < -0.39 is 16.3 Å². The van der Waals surface area contributed by atoms with E-state index in [-0.39, 0.29) is 7.43 Å². The van der Waals surface area contributed by atoms with Gasteiger partial charge in [-0.1, -0.05) is 32.4 Å². The lowest BCUT2D eigenvalue weighted by Gasteiger charge is -2.23. The minimum Gasteiger partial charge on any atom is -0.387 e. The monoisotopic (exact) mass is 329 g/mol. The summed E-state index contributed by atoms with van der Waals surface area (Å²) in [5.74, 6) is 0. The van der Waals surface area contributed by atoms with Gasteiger partial charge in [0.25, 0.3) is 10.2 Å². The molecule has 6 nitrogen and oxygen atoms in total. The van der Waals surface area contributed by atoms with Gasteiger partial charge in [0.2, 0.25) is 0 Å². The van der Waals surface area contributed by atoms with Crippen molar-refractivity contribution < 1.29 is 13.5 Å². The highest BCUT2D eigenvalue weighted by Gasteiger charge is 2.15. The molecule has 1 aromatic carbocycles. The number of benzene rings is 1. The maximum Gasteiger partial charge on any atom is 0.296 e. The highest BCUT2D eigenvalue weighted by molar-refractivity contribution is 7.90. The second-order valence-corrected chi connectivity index (χ2v) is 6.79. The van der Waals surface area contributed by atoms with E-state index in [1.54, 1.807) is 24.3 Å². The molecule has 1 atom stereocenters. The van der Waals surface area contributed by atoms with Crippen LogP contribution in [0.4, 0.5) is 5.69 Å². The van der Waals surface area contributed by atoms with E-state index in [9.17, 15) is 13.5 Å². The topological polar surface area (TPSA) is 95.7 Å². The molecule has 22 heavy (non-hydrogen) atoms. The predicted molar refractivity (Wildman–Crippen MR) is 89.8 cm³/mol. The number of anilines is 1. The van der Waals surface area contributed by atoms with Crippen molar-refractivity contribution in [3.8, 4) is 0 Å². The Balaban J connectivity index is 0.00000242. The minimum absolute atomic E-state index is 0. The van der Waals surface area contributed by atoms with Crippen molar-refractivity contribution in [3.05, 3.63) is 29.8 Å². The van der Waals surface area contributed by atoms with Crippen molar-refractivity contribution in [2.75, 3.05) is 24.4 Å². The number of likely N-dealkylation sites (tertiary alicyclic amines) is 1. The largest absolute Gasteiger partial charge is 0.387 e. The average molecular weight is 329 g/mol. The molecule has 1 aliphatic heterocycles. The van der Waals surface area contributed by atoms with Crippen LogP contribution in [-0.2, 0) is 10.2 Å². The Hall–Kier alpha value is -1.15. The first-order chi connectivity index (χ1) is 9.94. The van der Waals surface area contributed by atoms with Crippen molar-refractivity contribution in [3.63, 3.8) is 0 Å². The molecule has 126 valence electrons. The fourth-order valence-corrected chi connectivity index (χ4v) is 3.07. The van der Waals surface area contributed by atoms with Gasteiger partial charge in [0.1, 0.15) is 0 Å². The quantitative estimate of drug-likeness (QED) is 0.768. The zero-order chi connectivity index (χ0) is 15.3. The molecule has 1 aliphatic rings. The molecule has 0 saturated carbocycles. The van der Waals surface area contributed by atoms with Crippen molar-refractivity contribution in [2.45, 2.75) is 39.2 Å². The van der Waals surface area contributed by atoms with E-state index in [2.05, 4.69) is 9.62 Å². The lowest BCUT2D eigenvalue weighted by Crippen LogP contribution is -2.29. The third kappa shape index (κ3) is 6.31. The molecule has 0 aromatic heterocycles. The average Bonchev–Trinajstić information content (AvgIpc) is 2.66. The summed E-state index contributed by atoms with van der Waals surface area (Å²) in [6.07, 6.45) is 4.33. The van der Waals surface area contributed by atoms with Crippen molar-refractivity contribution >= 4 is 15.9 Å². The second kappa shape index (κ2) is 8.47. The zero-order valence-electron chi connectivity index (χ0n) is 12.0. The fourth-order valence-electron chi connectivity index (χ4n) is 2.61. The van der Waals surface area contributed by atoms with Crippen LogP contribution in [0.1, 0.15) is 44.8 Å². The number of hydrogen-bond donors (Lipinski definition) is 3. The van der Waals surface area contributed by atoms with Gasteiger partial charge in [-0.25, -0.2) is 5.14 Å². The molecule has 1 fully saturated rings. The third-order valence-corrected chi connectivity index (χ3v) is 4.21. The Kier molecular flexibility index (Phi) is 7.28. The van der Waals surface area contributed by atoms with Gasteiger partial charge in [0, 0.05) is 12.2 Å². The van der Waals surface area contributed by atoms with Gasteiger partial charge >= 0.3 is 0 Å². The summed E-state index contributed by atoms with van der Waals surface area (Å²) >= 11 is 0. The predicted octanol–water partition coefficient (Wildman–Crippen LogP) is 1.85. The van der Waals surface area contributed by atoms with Gasteiger partial charge in [0.05, 0.1) is 6.10 Å². The van der Waals surface area contributed by atoms with Crippen LogP contribution >= 0.6 is 0 Å². The van der Waals surface area contributed by atoms with Gasteiger partial charge in [-0.05, 0) is 43.6 Å². The normalized spacial score (nSPS) is 18.1. The molecule has 0 amide bonds. The standard InChI is InChI=1S/C14H23N3O3S.CH4/c15-21(19,20)16-13-7-5-12(6-8-13)14(18)11-17-9-3-1-2-4-10-17;/h5-8,14,16,18H,1-4,9-11H2,(H2,15,19,20);1H4. The van der Waals surface area contributed by atoms with Crippen molar-refractivity contribution in [1.82, 2.24) is 4.90 Å². The van der Waals surface area contributed by atoms with Crippen LogP contribution in [0.15, 0.2) is 24.3 Å². The molecular formula is C15H27N3O3S. The van der Waals surface area contributed by atoms with Gasteiger partial charge in [-0.2, -0.15) is 8.42 Å². The number of rotatable bonds is 5. The SMILES string of the molecule is C.NS(=O)(=O)Nc1ccc(C(O)CN2CCCCCC2)cc1. The summed E-state index contributed by atoms with van der Waals surface area (Å²) in [4.78, 5) is 2.29. The molecule has 1 heterocycles. The summed E-state index contributed by atoms with van der Waals surface area (Å²) in [6, 6.07) is 6.64. The second-order valence-electron chi connectivity index (χ2n) is 5.50. The molecular weight excluding hydrogens is 302 g/mol. The van der Waals surface area contributed by atoms with Gasteiger partial charge in [-0.15, -0.1) is 0 Å². The molecule has 7 heteroatoms. The fraction of sp³-hybridized carbons (Fsp3) is 0.600. The number of β-amino-alcohol motifs (C(OH)–C–C–N with tert-alkyl or cyclic N) is 1. The molecule has 0 radical (unpaired) electrons. The van der Waals surface area contributed by atoms with Crippen LogP contribution in [0.5, 0.6) is 0 Å². The molecule has 1 saturated heterocycles. The molecule has 1 aromatic rings. The Morgan fingerprint density at radius 2 is 1.68 bits per heavy atom. The van der Waals surface area contributed by atoms with Crippen LogP contribution in [-0.4, -0.2) is 38.1 Å². The lowest BCUT2D eigenvalue weighted by atomic mass is 10.1. The molecule has 0 spiro atoms. The highest BCUT2D eigenvalue weighted by atomic mass is 32.2.